The van der Waals surface area contributed by atoms with E-state index in [1.165, 1.54) is 16.7 Å². The van der Waals surface area contributed by atoms with Gasteiger partial charge in [-0.05, 0) is 60.7 Å². The zero-order valence-corrected chi connectivity index (χ0v) is 11.7. The van der Waals surface area contributed by atoms with E-state index in [1.54, 1.807) is 0 Å². The Kier molecular flexibility index (Phi) is 3.53. The molecule has 0 aliphatic rings. The highest BCUT2D eigenvalue weighted by molar-refractivity contribution is 9.10. The first-order valence-corrected chi connectivity index (χ1v) is 6.45. The summed E-state index contributed by atoms with van der Waals surface area (Å²) in [7, 11) is 0. The minimum absolute atomic E-state index is 0.875. The van der Waals surface area contributed by atoms with E-state index in [1.807, 2.05) is 6.07 Å². The maximum Gasteiger partial charge on any atom is 0.0346 e. The van der Waals surface area contributed by atoms with Crippen molar-refractivity contribution < 1.29 is 0 Å². The van der Waals surface area contributed by atoms with Crippen molar-refractivity contribution in [3.8, 4) is 0 Å². The first-order chi connectivity index (χ1) is 8.06. The number of halogens is 1. The lowest BCUT2D eigenvalue weighted by Gasteiger charge is -2.10. The van der Waals surface area contributed by atoms with Crippen molar-refractivity contribution in [3.05, 3.63) is 63.1 Å². The average molecular weight is 290 g/mol. The molecule has 0 fully saturated rings. The Morgan fingerprint density at radius 1 is 1.06 bits per heavy atom. The molecular weight excluding hydrogens is 274 g/mol. The molecule has 0 aromatic heterocycles. The Hall–Kier alpha value is -1.28. The number of hydrogen-bond donors (Lipinski definition) is 1. The van der Waals surface area contributed by atoms with Gasteiger partial charge in [-0.25, -0.2) is 0 Å². The molecule has 1 nitrogen and oxygen atoms in total. The third kappa shape index (κ3) is 2.89. The van der Waals surface area contributed by atoms with E-state index in [4.69, 9.17) is 5.73 Å². The van der Waals surface area contributed by atoms with Crippen molar-refractivity contribution in [2.75, 3.05) is 5.73 Å². The molecule has 2 heteroatoms. The third-order valence-corrected chi connectivity index (χ3v) is 3.50. The van der Waals surface area contributed by atoms with Crippen LogP contribution in [0.2, 0.25) is 0 Å². The van der Waals surface area contributed by atoms with E-state index in [0.717, 1.165) is 22.1 Å². The Balaban J connectivity index is 2.33. The SMILES string of the molecule is Cc1cc(Cc2cccc(Br)c2)c(C)cc1N. The molecule has 2 aromatic carbocycles. The van der Waals surface area contributed by atoms with Crippen LogP contribution in [0.1, 0.15) is 22.3 Å². The van der Waals surface area contributed by atoms with Gasteiger partial charge in [0.2, 0.25) is 0 Å². The van der Waals surface area contributed by atoms with Gasteiger partial charge in [-0.1, -0.05) is 34.1 Å². The molecule has 0 saturated carbocycles. The van der Waals surface area contributed by atoms with Crippen LogP contribution in [0.3, 0.4) is 0 Å². The van der Waals surface area contributed by atoms with E-state index < -0.39 is 0 Å². The number of aryl methyl sites for hydroxylation is 2. The van der Waals surface area contributed by atoms with Crippen molar-refractivity contribution in [2.45, 2.75) is 20.3 Å². The lowest BCUT2D eigenvalue weighted by molar-refractivity contribution is 1.14. The van der Waals surface area contributed by atoms with Crippen LogP contribution in [0.25, 0.3) is 0 Å². The highest BCUT2D eigenvalue weighted by atomic mass is 79.9. The van der Waals surface area contributed by atoms with Gasteiger partial charge in [0, 0.05) is 10.2 Å². The summed E-state index contributed by atoms with van der Waals surface area (Å²) in [6.07, 6.45) is 0.951. The summed E-state index contributed by atoms with van der Waals surface area (Å²) < 4.78 is 1.12. The highest BCUT2D eigenvalue weighted by Crippen LogP contribution is 2.21. The summed E-state index contributed by atoms with van der Waals surface area (Å²) in [4.78, 5) is 0. The Labute approximate surface area is 111 Å². The number of hydrogen-bond acceptors (Lipinski definition) is 1. The minimum Gasteiger partial charge on any atom is -0.399 e. The fourth-order valence-corrected chi connectivity index (χ4v) is 2.40. The zero-order chi connectivity index (χ0) is 12.4. The fraction of sp³-hybridized carbons (Fsp3) is 0.200. The molecule has 0 bridgehead atoms. The molecule has 0 amide bonds. The van der Waals surface area contributed by atoms with Crippen molar-refractivity contribution in [1.29, 1.82) is 0 Å². The number of nitrogen functional groups attached to an aromatic ring is 1. The largest absolute Gasteiger partial charge is 0.399 e. The van der Waals surface area contributed by atoms with Gasteiger partial charge in [0.1, 0.15) is 0 Å². The number of nitrogens with two attached hydrogens (primary N) is 1. The normalized spacial score (nSPS) is 10.5. The first kappa shape index (κ1) is 12.2. The second kappa shape index (κ2) is 4.92. The summed E-state index contributed by atoms with van der Waals surface area (Å²) in [6, 6.07) is 12.7. The van der Waals surface area contributed by atoms with Crippen LogP contribution in [0.4, 0.5) is 5.69 Å². The van der Waals surface area contributed by atoms with E-state index in [2.05, 4.69) is 60.1 Å². The predicted octanol–water partition coefficient (Wildman–Crippen LogP) is 4.24. The Bertz CT molecular complexity index is 547. The molecule has 2 rings (SSSR count). The zero-order valence-electron chi connectivity index (χ0n) is 10.1. The third-order valence-electron chi connectivity index (χ3n) is 3.01. The summed E-state index contributed by atoms with van der Waals surface area (Å²) in [5, 5.41) is 0. The van der Waals surface area contributed by atoms with Gasteiger partial charge in [-0.3, -0.25) is 0 Å². The van der Waals surface area contributed by atoms with Gasteiger partial charge in [0.25, 0.3) is 0 Å². The van der Waals surface area contributed by atoms with Gasteiger partial charge in [0.15, 0.2) is 0 Å². The molecule has 0 atom stereocenters. The molecule has 0 aliphatic carbocycles. The summed E-state index contributed by atoms with van der Waals surface area (Å²) in [6.45, 7) is 4.17. The van der Waals surface area contributed by atoms with Crippen LogP contribution < -0.4 is 5.73 Å². The van der Waals surface area contributed by atoms with Crippen LogP contribution in [0, 0.1) is 13.8 Å². The van der Waals surface area contributed by atoms with Gasteiger partial charge < -0.3 is 5.73 Å². The second-order valence-electron chi connectivity index (χ2n) is 4.44. The molecule has 0 saturated heterocycles. The quantitative estimate of drug-likeness (QED) is 0.823. The molecule has 17 heavy (non-hydrogen) atoms. The summed E-state index contributed by atoms with van der Waals surface area (Å²) in [5.74, 6) is 0. The van der Waals surface area contributed by atoms with Crippen molar-refractivity contribution in [1.82, 2.24) is 0 Å². The topological polar surface area (TPSA) is 26.0 Å². The van der Waals surface area contributed by atoms with Gasteiger partial charge in [-0.2, -0.15) is 0 Å². The number of anilines is 1. The number of rotatable bonds is 2. The van der Waals surface area contributed by atoms with Gasteiger partial charge in [0.05, 0.1) is 0 Å². The molecule has 0 radical (unpaired) electrons. The Morgan fingerprint density at radius 2 is 1.82 bits per heavy atom. The lowest BCUT2D eigenvalue weighted by Crippen LogP contribution is -1.97. The molecule has 2 aromatic rings. The van der Waals surface area contributed by atoms with Crippen molar-refractivity contribution >= 4 is 21.6 Å². The number of benzene rings is 2. The van der Waals surface area contributed by atoms with Crippen molar-refractivity contribution in [3.63, 3.8) is 0 Å². The summed E-state index contributed by atoms with van der Waals surface area (Å²) >= 11 is 3.50. The van der Waals surface area contributed by atoms with Crippen LogP contribution >= 0.6 is 15.9 Å². The van der Waals surface area contributed by atoms with Gasteiger partial charge in [-0.15, -0.1) is 0 Å². The maximum absolute atomic E-state index is 5.90. The van der Waals surface area contributed by atoms with Crippen LogP contribution in [0.5, 0.6) is 0 Å². The monoisotopic (exact) mass is 289 g/mol. The van der Waals surface area contributed by atoms with Crippen molar-refractivity contribution in [2.24, 2.45) is 0 Å². The predicted molar refractivity (Wildman–Crippen MR) is 77.3 cm³/mol. The second-order valence-corrected chi connectivity index (χ2v) is 5.36. The van der Waals surface area contributed by atoms with E-state index in [0.29, 0.717) is 0 Å². The first-order valence-electron chi connectivity index (χ1n) is 5.66. The molecule has 2 N–H and O–H groups in total. The Morgan fingerprint density at radius 3 is 2.53 bits per heavy atom. The van der Waals surface area contributed by atoms with Crippen LogP contribution in [-0.4, -0.2) is 0 Å². The smallest absolute Gasteiger partial charge is 0.0346 e. The van der Waals surface area contributed by atoms with E-state index >= 15 is 0 Å². The van der Waals surface area contributed by atoms with E-state index in [-0.39, 0.29) is 0 Å². The minimum atomic E-state index is 0.875. The molecule has 0 spiro atoms. The van der Waals surface area contributed by atoms with Crippen LogP contribution in [0.15, 0.2) is 40.9 Å². The van der Waals surface area contributed by atoms with Crippen LogP contribution in [-0.2, 0) is 6.42 Å². The molecule has 88 valence electrons. The molecule has 0 heterocycles. The lowest BCUT2D eigenvalue weighted by atomic mass is 9.98. The fourth-order valence-electron chi connectivity index (χ4n) is 1.96. The average Bonchev–Trinajstić information content (AvgIpc) is 2.26. The van der Waals surface area contributed by atoms with Gasteiger partial charge >= 0.3 is 0 Å². The highest BCUT2D eigenvalue weighted by Gasteiger charge is 2.04. The standard InChI is InChI=1S/C15H16BrN/c1-10-7-15(17)11(2)6-13(10)8-12-4-3-5-14(16)9-12/h3-7,9H,8,17H2,1-2H3. The molecule has 0 unspecified atom stereocenters. The maximum atomic E-state index is 5.90. The molecular formula is C15H16BrN. The molecule has 0 aliphatic heterocycles. The summed E-state index contributed by atoms with van der Waals surface area (Å²) in [5.41, 5.74) is 11.8. The van der Waals surface area contributed by atoms with E-state index in [9.17, 15) is 0 Å².